The van der Waals surface area contributed by atoms with E-state index in [1.807, 2.05) is 136 Å². The summed E-state index contributed by atoms with van der Waals surface area (Å²) >= 11 is 0. The minimum atomic E-state index is 0.933. The van der Waals surface area contributed by atoms with Crippen molar-refractivity contribution in [3.05, 3.63) is 95.6 Å². The van der Waals surface area contributed by atoms with E-state index in [0.29, 0.717) is 0 Å². The molecule has 4 saturated heterocycles. The molecule has 12 nitrogen and oxygen atoms in total. The van der Waals surface area contributed by atoms with Gasteiger partial charge in [-0.1, -0.05) is 155 Å². The number of aromatic nitrogens is 8. The van der Waals surface area contributed by atoms with Crippen LogP contribution < -0.4 is 19.6 Å². The monoisotopic (exact) mass is 1210 g/mol. The number of anilines is 4. The zero-order valence-electron chi connectivity index (χ0n) is 59.3. The fourth-order valence-electron chi connectivity index (χ4n) is 15.6. The zero-order valence-corrected chi connectivity index (χ0v) is 59.3. The first kappa shape index (κ1) is 72.7. The molecule has 8 aromatic rings. The highest BCUT2D eigenvalue weighted by Gasteiger charge is 2.40. The van der Waals surface area contributed by atoms with Crippen LogP contribution in [0.2, 0.25) is 0 Å². The molecule has 16 rings (SSSR count). The van der Waals surface area contributed by atoms with Crippen molar-refractivity contribution < 1.29 is 0 Å². The molecule has 0 radical (unpaired) electrons. The second-order valence-electron chi connectivity index (χ2n) is 23.8. The van der Waals surface area contributed by atoms with Gasteiger partial charge in [-0.25, -0.2) is 0 Å². The fourth-order valence-corrected chi connectivity index (χ4v) is 15.6. The molecule has 4 aliphatic heterocycles. The summed E-state index contributed by atoms with van der Waals surface area (Å²) < 4.78 is 0. The first-order chi connectivity index (χ1) is 43.3. The summed E-state index contributed by atoms with van der Waals surface area (Å²) in [6.45, 7) is 50.7. The van der Waals surface area contributed by atoms with E-state index < -0.39 is 0 Å². The average molecular weight is 1210 g/mol. The molecule has 8 fully saturated rings. The van der Waals surface area contributed by atoms with Crippen LogP contribution in [0.1, 0.15) is 210 Å². The predicted molar refractivity (Wildman–Crippen MR) is 386 cm³/mol. The second kappa shape index (κ2) is 37.2. The summed E-state index contributed by atoms with van der Waals surface area (Å²) in [5, 5.41) is 34.3. The molecule has 8 atom stereocenters. The van der Waals surface area contributed by atoms with Gasteiger partial charge in [0.25, 0.3) is 0 Å². The third kappa shape index (κ3) is 16.9. The Hall–Kier alpha value is -6.04. The van der Waals surface area contributed by atoms with Crippen LogP contribution in [-0.2, 0) is 0 Å². The third-order valence-electron chi connectivity index (χ3n) is 19.2. The van der Waals surface area contributed by atoms with Gasteiger partial charge in [-0.2, -0.15) is 20.4 Å². The molecule has 4 N–H and O–H groups in total. The lowest BCUT2D eigenvalue weighted by atomic mass is 10.0. The van der Waals surface area contributed by atoms with Gasteiger partial charge in [0.15, 0.2) is 0 Å². The highest BCUT2D eigenvalue weighted by atomic mass is 15.2. The maximum Gasteiger partial charge on any atom is 0.0886 e. The molecular weight excluding hydrogens is 1080 g/mol. The van der Waals surface area contributed by atoms with E-state index in [-0.39, 0.29) is 0 Å². The van der Waals surface area contributed by atoms with E-state index in [4.69, 9.17) is 0 Å². The van der Waals surface area contributed by atoms with Crippen LogP contribution in [0.3, 0.4) is 0 Å². The number of aromatic amines is 4. The van der Waals surface area contributed by atoms with Crippen LogP contribution in [0.15, 0.2) is 73.3 Å². The van der Waals surface area contributed by atoms with Gasteiger partial charge < -0.3 is 19.6 Å². The lowest BCUT2D eigenvalue weighted by Gasteiger charge is -2.22. The lowest BCUT2D eigenvalue weighted by molar-refractivity contribution is 0.494. The number of fused-ring (bicyclic) bond motifs is 8. The molecule has 12 heteroatoms. The van der Waals surface area contributed by atoms with Crippen molar-refractivity contribution in [1.82, 2.24) is 40.8 Å². The molecule has 4 aromatic heterocycles. The van der Waals surface area contributed by atoms with Crippen LogP contribution in [0, 0.1) is 75.0 Å². The van der Waals surface area contributed by atoms with E-state index in [1.54, 1.807) is 0 Å². The normalized spacial score (nSPS) is 22.7. The van der Waals surface area contributed by atoms with Gasteiger partial charge in [0.05, 0.1) is 63.9 Å². The summed E-state index contributed by atoms with van der Waals surface area (Å²) in [7, 11) is 0. The third-order valence-corrected chi connectivity index (χ3v) is 19.2. The van der Waals surface area contributed by atoms with Gasteiger partial charge in [0, 0.05) is 79.6 Å². The second-order valence-corrected chi connectivity index (χ2v) is 23.8. The molecule has 0 spiro atoms. The van der Waals surface area contributed by atoms with Crippen LogP contribution >= 0.6 is 0 Å². The Morgan fingerprint density at radius 2 is 0.670 bits per heavy atom. The minimum absolute atomic E-state index is 0.933. The summed E-state index contributed by atoms with van der Waals surface area (Å²) in [5.41, 5.74) is 15.7. The number of aryl methyl sites for hydroxylation is 4. The van der Waals surface area contributed by atoms with Crippen molar-refractivity contribution in [2.75, 3.05) is 72.0 Å². The largest absolute Gasteiger partial charge is 0.370 e. The Morgan fingerprint density at radius 3 is 1.16 bits per heavy atom. The van der Waals surface area contributed by atoms with Crippen molar-refractivity contribution in [3.63, 3.8) is 0 Å². The molecule has 4 aromatic carbocycles. The highest BCUT2D eigenvalue weighted by Crippen LogP contribution is 2.45. The van der Waals surface area contributed by atoms with Crippen LogP contribution in [0.4, 0.5) is 22.7 Å². The molecular formula is C76H124N12. The Bertz CT molecular complexity index is 2940. The standard InChI is InChI=1S/4C15H19N3.8C2H6/c1-10-5-14-13(7-16-17-14)15(6-10)18-8-11-3-2-4-12(11)9-18;1-10-5-13-7-16-17-15(13)14(6-10)18-8-11-3-2-4-12(11)9-18;1-10-5-6-11-7-16-17-14(11)15(10)18-8-12-3-2-4-13(12)9-18;1-10-5-6-14-13(7-16-17-14)15(10)18-8-11-3-2-4-12(11)9-18;8*1-2/h2*5-7,11-12H,2-4,8-9H2,1H3,(H,16,17);5-7,12-13H,2-4,8-9H2,1H3,(H,16,17);5-7,11-12H,2-4,8-9H2,1H3,(H,16,17);8*1-2H3. The number of hydrogen-bond donors (Lipinski definition) is 4. The smallest absolute Gasteiger partial charge is 0.0886 e. The van der Waals surface area contributed by atoms with E-state index in [0.717, 1.165) is 52.9 Å². The van der Waals surface area contributed by atoms with E-state index in [1.165, 1.54) is 213 Å². The van der Waals surface area contributed by atoms with Crippen LogP contribution in [-0.4, -0.2) is 93.1 Å². The van der Waals surface area contributed by atoms with Gasteiger partial charge in [-0.05, 0) is 179 Å². The van der Waals surface area contributed by atoms with Crippen molar-refractivity contribution >= 4 is 66.4 Å². The van der Waals surface area contributed by atoms with Crippen molar-refractivity contribution in [1.29, 1.82) is 0 Å². The Labute approximate surface area is 534 Å². The fraction of sp³-hybridized carbons (Fsp3) is 0.632. The maximum absolute atomic E-state index is 4.19. The molecule has 88 heavy (non-hydrogen) atoms. The quantitative estimate of drug-likeness (QED) is 0.137. The molecule has 8 unspecified atom stereocenters. The van der Waals surface area contributed by atoms with Gasteiger partial charge in [-0.15, -0.1) is 0 Å². The number of benzene rings is 4. The molecule has 4 aliphatic carbocycles. The van der Waals surface area contributed by atoms with Gasteiger partial charge >= 0.3 is 0 Å². The van der Waals surface area contributed by atoms with E-state index in [2.05, 4.69) is 137 Å². The minimum Gasteiger partial charge on any atom is -0.370 e. The maximum atomic E-state index is 4.19. The number of rotatable bonds is 4. The summed E-state index contributed by atoms with van der Waals surface area (Å²) in [6.07, 6.45) is 25.0. The summed E-state index contributed by atoms with van der Waals surface area (Å²) in [4.78, 5) is 10.3. The predicted octanol–water partition coefficient (Wildman–Crippen LogP) is 20.6. The number of H-pyrrole nitrogens is 4. The van der Waals surface area contributed by atoms with E-state index in [9.17, 15) is 0 Å². The zero-order chi connectivity index (χ0) is 64.5. The number of nitrogens with zero attached hydrogens (tertiary/aromatic N) is 8. The average Bonchev–Trinajstić information content (AvgIpc) is 4.27. The molecule has 8 heterocycles. The molecule has 8 aliphatic rings. The number of nitrogens with one attached hydrogen (secondary N) is 4. The molecule has 0 bridgehead atoms. The topological polar surface area (TPSA) is 128 Å². The highest BCUT2D eigenvalue weighted by molar-refractivity contribution is 5.95. The van der Waals surface area contributed by atoms with Crippen molar-refractivity contribution in [2.45, 2.75) is 216 Å². The Morgan fingerprint density at radius 1 is 0.318 bits per heavy atom. The molecule has 488 valence electrons. The lowest BCUT2D eigenvalue weighted by Crippen LogP contribution is -2.22. The van der Waals surface area contributed by atoms with Gasteiger partial charge in [0.1, 0.15) is 0 Å². The Kier molecular flexibility index (Phi) is 30.7. The first-order valence-electron chi connectivity index (χ1n) is 36.0. The Balaban J connectivity index is 0.000000198. The van der Waals surface area contributed by atoms with E-state index >= 15 is 0 Å². The number of hydrogen-bond acceptors (Lipinski definition) is 8. The van der Waals surface area contributed by atoms with Gasteiger partial charge in [0.2, 0.25) is 0 Å². The van der Waals surface area contributed by atoms with Crippen LogP contribution in [0.25, 0.3) is 43.6 Å². The van der Waals surface area contributed by atoms with Gasteiger partial charge in [-0.3, -0.25) is 20.4 Å². The first-order valence-corrected chi connectivity index (χ1v) is 36.0. The molecule has 4 saturated carbocycles. The van der Waals surface area contributed by atoms with Crippen molar-refractivity contribution in [3.8, 4) is 0 Å². The summed E-state index contributed by atoms with van der Waals surface area (Å²) in [6, 6.07) is 17.8. The molecule has 0 amide bonds. The summed E-state index contributed by atoms with van der Waals surface area (Å²) in [5.74, 6) is 7.48. The van der Waals surface area contributed by atoms with Crippen molar-refractivity contribution in [2.24, 2.45) is 47.3 Å². The SMILES string of the molecule is CC.CC.CC.CC.CC.CC.CC.CC.Cc1cc(N2CC3CCCC3C2)c2[nH]ncc2c1.Cc1cc(N2CC3CCCC3C2)c2cn[nH]c2c1.Cc1ccc2[nH]ncc2c1N1CC2CCCC2C1.Cc1ccc2cn[nH]c2c1N1CC2CCCC2C1. The van der Waals surface area contributed by atoms with Crippen LogP contribution in [0.5, 0.6) is 0 Å².